The van der Waals surface area contributed by atoms with Crippen LogP contribution in [-0.2, 0) is 0 Å². The molecule has 3 aromatic rings. The van der Waals surface area contributed by atoms with Gasteiger partial charge in [-0.1, -0.05) is 30.3 Å². The van der Waals surface area contributed by atoms with Gasteiger partial charge >= 0.3 is 0 Å². The van der Waals surface area contributed by atoms with Crippen LogP contribution < -0.4 is 10.1 Å². The maximum absolute atomic E-state index is 5.56. The molecule has 0 radical (unpaired) electrons. The lowest BCUT2D eigenvalue weighted by Crippen LogP contribution is -2.28. The second-order valence-corrected chi connectivity index (χ2v) is 7.02. The van der Waals surface area contributed by atoms with E-state index in [2.05, 4.69) is 68.3 Å². The van der Waals surface area contributed by atoms with Crippen LogP contribution >= 0.6 is 22.6 Å². The molecule has 0 spiro atoms. The molecule has 6 heteroatoms. The summed E-state index contributed by atoms with van der Waals surface area (Å²) in [5.74, 6) is 1.67. The average Bonchev–Trinajstić information content (AvgIpc) is 3.10. The van der Waals surface area contributed by atoms with E-state index in [0.29, 0.717) is 0 Å². The molecule has 0 aliphatic carbocycles. The molecule has 24 heavy (non-hydrogen) atoms. The quantitative estimate of drug-likeness (QED) is 0.635. The SMILES string of the molecule is COc1ccccc1[C@H]1C[C@H](c2ccc(I)cc2)Nc2ncnn21. The summed E-state index contributed by atoms with van der Waals surface area (Å²) in [5, 5.41) is 7.91. The van der Waals surface area contributed by atoms with E-state index in [1.165, 1.54) is 9.13 Å². The van der Waals surface area contributed by atoms with Crippen molar-refractivity contribution in [2.24, 2.45) is 0 Å². The van der Waals surface area contributed by atoms with Crippen LogP contribution in [0.4, 0.5) is 5.95 Å². The Morgan fingerprint density at radius 3 is 2.75 bits per heavy atom. The maximum Gasteiger partial charge on any atom is 0.222 e. The number of benzene rings is 2. The Bertz CT molecular complexity index is 846. The lowest BCUT2D eigenvalue weighted by molar-refractivity contribution is 0.380. The molecule has 0 saturated carbocycles. The standard InChI is InChI=1S/C18H17IN4O/c1-24-17-5-3-2-4-14(17)16-10-15(12-6-8-13(19)9-7-12)22-18-20-11-21-23(16)18/h2-9,11,15-16H,10H2,1H3,(H,20,21,22)/t15-,16-/m1/s1. The topological polar surface area (TPSA) is 52.0 Å². The van der Waals surface area contributed by atoms with Gasteiger partial charge < -0.3 is 10.1 Å². The van der Waals surface area contributed by atoms with Gasteiger partial charge in [0.05, 0.1) is 19.2 Å². The van der Waals surface area contributed by atoms with E-state index in [1.54, 1.807) is 13.4 Å². The van der Waals surface area contributed by atoms with Crippen molar-refractivity contribution in [2.75, 3.05) is 12.4 Å². The number of rotatable bonds is 3. The number of halogens is 1. The van der Waals surface area contributed by atoms with Gasteiger partial charge in [-0.15, -0.1) is 0 Å². The first-order valence-corrected chi connectivity index (χ1v) is 8.88. The van der Waals surface area contributed by atoms with Crippen LogP contribution in [0.25, 0.3) is 0 Å². The zero-order valence-electron chi connectivity index (χ0n) is 13.2. The van der Waals surface area contributed by atoms with Crippen molar-refractivity contribution >= 4 is 28.5 Å². The van der Waals surface area contributed by atoms with Gasteiger partial charge in [0, 0.05) is 9.13 Å². The Morgan fingerprint density at radius 2 is 1.96 bits per heavy atom. The van der Waals surface area contributed by atoms with Crippen molar-refractivity contribution < 1.29 is 4.74 Å². The van der Waals surface area contributed by atoms with Crippen LogP contribution in [0.15, 0.2) is 54.9 Å². The molecule has 2 aromatic carbocycles. The van der Waals surface area contributed by atoms with Crippen LogP contribution in [0, 0.1) is 3.57 Å². The molecular formula is C18H17IN4O. The molecule has 2 atom stereocenters. The number of ether oxygens (including phenoxy) is 1. The van der Waals surface area contributed by atoms with E-state index in [9.17, 15) is 0 Å². The summed E-state index contributed by atoms with van der Waals surface area (Å²) in [6, 6.07) is 17.0. The molecule has 0 saturated heterocycles. The van der Waals surface area contributed by atoms with Gasteiger partial charge in [-0.3, -0.25) is 0 Å². The summed E-state index contributed by atoms with van der Waals surface area (Å²) >= 11 is 2.33. The summed E-state index contributed by atoms with van der Waals surface area (Å²) < 4.78 is 8.74. The van der Waals surface area contributed by atoms with Crippen molar-refractivity contribution in [3.63, 3.8) is 0 Å². The van der Waals surface area contributed by atoms with Crippen molar-refractivity contribution in [3.05, 3.63) is 69.6 Å². The van der Waals surface area contributed by atoms with Gasteiger partial charge in [0.2, 0.25) is 5.95 Å². The molecule has 0 fully saturated rings. The predicted molar refractivity (Wildman–Crippen MR) is 101 cm³/mol. The highest BCUT2D eigenvalue weighted by molar-refractivity contribution is 14.1. The number of methoxy groups -OCH3 is 1. The molecule has 1 aliphatic rings. The number of hydrogen-bond donors (Lipinski definition) is 1. The van der Waals surface area contributed by atoms with Crippen molar-refractivity contribution in [2.45, 2.75) is 18.5 Å². The molecule has 0 bridgehead atoms. The number of nitrogens with one attached hydrogen (secondary N) is 1. The summed E-state index contributed by atoms with van der Waals surface area (Å²) in [5.41, 5.74) is 2.38. The number of hydrogen-bond acceptors (Lipinski definition) is 4. The fourth-order valence-corrected chi connectivity index (χ4v) is 3.59. The molecule has 1 aliphatic heterocycles. The van der Waals surface area contributed by atoms with Gasteiger partial charge in [0.1, 0.15) is 12.1 Å². The molecule has 122 valence electrons. The first-order chi connectivity index (χ1) is 11.8. The number of anilines is 1. The number of fused-ring (bicyclic) bond motifs is 1. The minimum Gasteiger partial charge on any atom is -0.496 e. The largest absolute Gasteiger partial charge is 0.496 e. The van der Waals surface area contributed by atoms with E-state index < -0.39 is 0 Å². The maximum atomic E-state index is 5.56. The van der Waals surface area contributed by atoms with Crippen LogP contribution in [0.3, 0.4) is 0 Å². The van der Waals surface area contributed by atoms with Gasteiger partial charge in [0.15, 0.2) is 0 Å². The zero-order chi connectivity index (χ0) is 16.5. The Labute approximate surface area is 154 Å². The Hall–Kier alpha value is -2.09. The number of para-hydroxylation sites is 1. The smallest absolute Gasteiger partial charge is 0.222 e. The Morgan fingerprint density at radius 1 is 1.17 bits per heavy atom. The van der Waals surface area contributed by atoms with Crippen LogP contribution in [-0.4, -0.2) is 21.9 Å². The van der Waals surface area contributed by atoms with E-state index in [-0.39, 0.29) is 12.1 Å². The molecule has 1 N–H and O–H groups in total. The monoisotopic (exact) mass is 432 g/mol. The summed E-state index contributed by atoms with van der Waals surface area (Å²) in [4.78, 5) is 4.38. The van der Waals surface area contributed by atoms with Crippen molar-refractivity contribution in [1.82, 2.24) is 14.8 Å². The third kappa shape index (κ3) is 2.75. The van der Waals surface area contributed by atoms with Crippen molar-refractivity contribution in [3.8, 4) is 5.75 Å². The van der Waals surface area contributed by atoms with E-state index in [1.807, 2.05) is 22.9 Å². The average molecular weight is 432 g/mol. The van der Waals surface area contributed by atoms with Gasteiger partial charge in [-0.2, -0.15) is 10.1 Å². The predicted octanol–water partition coefficient (Wildman–Crippen LogP) is 4.04. The van der Waals surface area contributed by atoms with Crippen LogP contribution in [0.5, 0.6) is 5.75 Å². The van der Waals surface area contributed by atoms with Crippen LogP contribution in [0.1, 0.15) is 29.6 Å². The molecule has 4 rings (SSSR count). The molecule has 0 unspecified atom stereocenters. The molecule has 5 nitrogen and oxygen atoms in total. The summed E-state index contributed by atoms with van der Waals surface area (Å²) in [6.07, 6.45) is 2.48. The normalized spacial score (nSPS) is 19.4. The second kappa shape index (κ2) is 6.43. The lowest BCUT2D eigenvalue weighted by Gasteiger charge is -2.32. The second-order valence-electron chi connectivity index (χ2n) is 5.77. The first-order valence-electron chi connectivity index (χ1n) is 7.80. The van der Waals surface area contributed by atoms with E-state index in [4.69, 9.17) is 4.74 Å². The summed E-state index contributed by atoms with van der Waals surface area (Å²) in [6.45, 7) is 0. The van der Waals surface area contributed by atoms with Gasteiger partial charge in [-0.25, -0.2) is 4.68 Å². The minimum atomic E-state index is 0.0872. The fourth-order valence-electron chi connectivity index (χ4n) is 3.23. The minimum absolute atomic E-state index is 0.0872. The molecule has 0 amide bonds. The molecule has 2 heterocycles. The fraction of sp³-hybridized carbons (Fsp3) is 0.222. The highest BCUT2D eigenvalue weighted by Gasteiger charge is 2.31. The Balaban J connectivity index is 1.75. The van der Waals surface area contributed by atoms with Crippen molar-refractivity contribution in [1.29, 1.82) is 0 Å². The van der Waals surface area contributed by atoms with E-state index >= 15 is 0 Å². The highest BCUT2D eigenvalue weighted by atomic mass is 127. The number of nitrogens with zero attached hydrogens (tertiary/aromatic N) is 3. The lowest BCUT2D eigenvalue weighted by atomic mass is 9.93. The molecule has 1 aromatic heterocycles. The number of aromatic nitrogens is 3. The van der Waals surface area contributed by atoms with E-state index in [0.717, 1.165) is 23.7 Å². The zero-order valence-corrected chi connectivity index (χ0v) is 15.3. The summed E-state index contributed by atoms with van der Waals surface area (Å²) in [7, 11) is 1.71. The third-order valence-corrected chi connectivity index (χ3v) is 5.12. The van der Waals surface area contributed by atoms with Crippen LogP contribution in [0.2, 0.25) is 0 Å². The first kappa shape index (κ1) is 15.4. The van der Waals surface area contributed by atoms with Gasteiger partial charge in [0.25, 0.3) is 0 Å². The van der Waals surface area contributed by atoms with Gasteiger partial charge in [-0.05, 0) is 52.8 Å². The Kier molecular flexibility index (Phi) is 4.13. The molecular weight excluding hydrogens is 415 g/mol. The third-order valence-electron chi connectivity index (χ3n) is 4.40. The highest BCUT2D eigenvalue weighted by Crippen LogP contribution is 2.40.